The highest BCUT2D eigenvalue weighted by atomic mass is 15.2. The maximum Gasteiger partial charge on any atom is 0.0458 e. The van der Waals surface area contributed by atoms with Crippen LogP contribution in [0.5, 0.6) is 0 Å². The van der Waals surface area contributed by atoms with Crippen molar-refractivity contribution < 1.29 is 0 Å². The Kier molecular flexibility index (Phi) is 3.73. The van der Waals surface area contributed by atoms with Crippen molar-refractivity contribution in [1.29, 1.82) is 0 Å². The Morgan fingerprint density at radius 1 is 1.36 bits per heavy atom. The minimum Gasteiger partial charge on any atom is -0.312 e. The van der Waals surface area contributed by atoms with Crippen LogP contribution in [0.4, 0.5) is 0 Å². The van der Waals surface area contributed by atoms with Gasteiger partial charge in [0.15, 0.2) is 0 Å². The fourth-order valence-corrected chi connectivity index (χ4v) is 2.96. The molecule has 1 aliphatic rings. The lowest BCUT2D eigenvalue weighted by atomic mass is 9.83. The lowest BCUT2D eigenvalue weighted by molar-refractivity contribution is 0.124. The zero-order chi connectivity index (χ0) is 10.8. The molecule has 1 N–H and O–H groups in total. The highest BCUT2D eigenvalue weighted by molar-refractivity contribution is 5.15. The third kappa shape index (κ3) is 1.86. The van der Waals surface area contributed by atoms with E-state index in [9.17, 15) is 0 Å². The Morgan fingerprint density at radius 2 is 1.86 bits per heavy atom. The molecule has 0 aromatic carbocycles. The van der Waals surface area contributed by atoms with Crippen molar-refractivity contribution in [2.24, 2.45) is 0 Å². The molecule has 0 aliphatic heterocycles. The van der Waals surface area contributed by atoms with E-state index in [-0.39, 0.29) is 0 Å². The molecule has 0 aromatic heterocycles. The predicted molar refractivity (Wildman–Crippen MR) is 62.5 cm³/mol. The maximum atomic E-state index is 4.11. The van der Waals surface area contributed by atoms with Crippen LogP contribution in [-0.2, 0) is 0 Å². The average molecular weight is 196 g/mol. The molecule has 2 nitrogen and oxygen atoms in total. The zero-order valence-corrected chi connectivity index (χ0v) is 10.1. The summed E-state index contributed by atoms with van der Waals surface area (Å²) in [4.78, 5) is 2.38. The van der Waals surface area contributed by atoms with Gasteiger partial charge in [0, 0.05) is 11.6 Å². The highest BCUT2D eigenvalue weighted by Crippen LogP contribution is 2.38. The van der Waals surface area contributed by atoms with Gasteiger partial charge in [-0.2, -0.15) is 0 Å². The van der Waals surface area contributed by atoms with Gasteiger partial charge in [-0.25, -0.2) is 0 Å². The van der Waals surface area contributed by atoms with Gasteiger partial charge in [-0.3, -0.25) is 0 Å². The molecule has 82 valence electrons. The van der Waals surface area contributed by atoms with Gasteiger partial charge in [0.05, 0.1) is 0 Å². The van der Waals surface area contributed by atoms with Crippen LogP contribution in [-0.4, -0.2) is 37.6 Å². The van der Waals surface area contributed by atoms with Crippen LogP contribution in [0, 0.1) is 0 Å². The number of nitrogens with zero attached hydrogens (tertiary/aromatic N) is 1. The molecule has 0 saturated heterocycles. The zero-order valence-electron chi connectivity index (χ0n) is 10.1. The molecule has 1 fully saturated rings. The molecule has 0 bridgehead atoms. The summed E-state index contributed by atoms with van der Waals surface area (Å²) in [7, 11) is 6.43. The first-order chi connectivity index (χ1) is 6.54. The van der Waals surface area contributed by atoms with Crippen LogP contribution in [0.15, 0.2) is 12.2 Å². The van der Waals surface area contributed by atoms with Gasteiger partial charge >= 0.3 is 0 Å². The van der Waals surface area contributed by atoms with E-state index in [0.717, 1.165) is 0 Å². The number of nitrogens with one attached hydrogen (secondary N) is 1. The molecule has 0 heterocycles. The standard InChI is InChI=1S/C12H24N2/c1-10(2)11(13-3)12(14(4)5)8-6-7-9-12/h11,13H,1,6-9H2,2-5H3. The predicted octanol–water partition coefficient (Wildman–Crippen LogP) is 2.02. The average Bonchev–Trinajstić information content (AvgIpc) is 2.54. The summed E-state index contributed by atoms with van der Waals surface area (Å²) >= 11 is 0. The molecule has 2 heteroatoms. The van der Waals surface area contributed by atoms with E-state index in [2.05, 4.69) is 37.8 Å². The number of likely N-dealkylation sites (N-methyl/N-ethyl adjacent to an activating group) is 2. The summed E-state index contributed by atoms with van der Waals surface area (Å²) in [6, 6.07) is 0.431. The molecule has 1 saturated carbocycles. The van der Waals surface area contributed by atoms with E-state index >= 15 is 0 Å². The first-order valence-electron chi connectivity index (χ1n) is 5.54. The quantitative estimate of drug-likeness (QED) is 0.692. The Hall–Kier alpha value is -0.340. The van der Waals surface area contributed by atoms with Crippen molar-refractivity contribution in [2.45, 2.75) is 44.2 Å². The molecule has 0 aromatic rings. The van der Waals surface area contributed by atoms with Crippen molar-refractivity contribution in [1.82, 2.24) is 10.2 Å². The Bertz CT molecular complexity index is 202. The summed E-state index contributed by atoms with van der Waals surface area (Å²) in [6.07, 6.45) is 5.28. The summed E-state index contributed by atoms with van der Waals surface area (Å²) in [6.45, 7) is 6.24. The van der Waals surface area contributed by atoms with Gasteiger partial charge < -0.3 is 10.2 Å². The lowest BCUT2D eigenvalue weighted by Gasteiger charge is -2.43. The van der Waals surface area contributed by atoms with E-state index < -0.39 is 0 Å². The Morgan fingerprint density at radius 3 is 2.14 bits per heavy atom. The highest BCUT2D eigenvalue weighted by Gasteiger charge is 2.42. The van der Waals surface area contributed by atoms with Crippen LogP contribution in [0.1, 0.15) is 32.6 Å². The van der Waals surface area contributed by atoms with E-state index in [0.29, 0.717) is 11.6 Å². The maximum absolute atomic E-state index is 4.11. The lowest BCUT2D eigenvalue weighted by Crippen LogP contribution is -2.57. The molecular weight excluding hydrogens is 172 g/mol. The number of hydrogen-bond donors (Lipinski definition) is 1. The third-order valence-corrected chi connectivity index (χ3v) is 3.68. The van der Waals surface area contributed by atoms with E-state index in [1.165, 1.54) is 31.3 Å². The fraction of sp³-hybridized carbons (Fsp3) is 0.833. The fourth-order valence-electron chi connectivity index (χ4n) is 2.96. The minimum atomic E-state index is 0.306. The van der Waals surface area contributed by atoms with Crippen molar-refractivity contribution >= 4 is 0 Å². The van der Waals surface area contributed by atoms with Crippen molar-refractivity contribution in [2.75, 3.05) is 21.1 Å². The molecule has 1 rings (SSSR count). The van der Waals surface area contributed by atoms with Crippen LogP contribution in [0.3, 0.4) is 0 Å². The van der Waals surface area contributed by atoms with E-state index in [1.54, 1.807) is 0 Å². The van der Waals surface area contributed by atoms with E-state index in [1.807, 2.05) is 7.05 Å². The molecule has 1 unspecified atom stereocenters. The summed E-state index contributed by atoms with van der Waals surface area (Å²) in [5, 5.41) is 3.42. The normalized spacial score (nSPS) is 22.6. The van der Waals surface area contributed by atoms with Crippen LogP contribution in [0.25, 0.3) is 0 Å². The second-order valence-electron chi connectivity index (χ2n) is 4.77. The monoisotopic (exact) mass is 196 g/mol. The Balaban J connectivity index is 2.90. The van der Waals surface area contributed by atoms with Crippen molar-refractivity contribution in [3.8, 4) is 0 Å². The molecule has 0 radical (unpaired) electrons. The summed E-state index contributed by atoms with van der Waals surface area (Å²) in [5.74, 6) is 0. The summed E-state index contributed by atoms with van der Waals surface area (Å²) < 4.78 is 0. The first-order valence-corrected chi connectivity index (χ1v) is 5.54. The van der Waals surface area contributed by atoms with Crippen LogP contribution < -0.4 is 5.32 Å². The van der Waals surface area contributed by atoms with Gasteiger partial charge in [0.25, 0.3) is 0 Å². The molecule has 0 spiro atoms. The largest absolute Gasteiger partial charge is 0.312 e. The SMILES string of the molecule is C=C(C)C(NC)C1(N(C)C)CCCC1. The Labute approximate surface area is 88.4 Å². The van der Waals surface area contributed by atoms with E-state index in [4.69, 9.17) is 0 Å². The van der Waals surface area contributed by atoms with Crippen molar-refractivity contribution in [3.63, 3.8) is 0 Å². The summed E-state index contributed by atoms with van der Waals surface area (Å²) in [5.41, 5.74) is 1.56. The second-order valence-corrected chi connectivity index (χ2v) is 4.77. The van der Waals surface area contributed by atoms with Gasteiger partial charge in [-0.15, -0.1) is 0 Å². The number of hydrogen-bond acceptors (Lipinski definition) is 2. The smallest absolute Gasteiger partial charge is 0.0458 e. The van der Waals surface area contributed by atoms with Gasteiger partial charge in [0.2, 0.25) is 0 Å². The van der Waals surface area contributed by atoms with Crippen molar-refractivity contribution in [3.05, 3.63) is 12.2 Å². The van der Waals surface area contributed by atoms with Gasteiger partial charge in [-0.1, -0.05) is 25.0 Å². The molecule has 1 atom stereocenters. The van der Waals surface area contributed by atoms with Crippen LogP contribution in [0.2, 0.25) is 0 Å². The van der Waals surface area contributed by atoms with Gasteiger partial charge in [-0.05, 0) is 40.9 Å². The van der Waals surface area contributed by atoms with Gasteiger partial charge in [0.1, 0.15) is 0 Å². The molecule has 1 aliphatic carbocycles. The second kappa shape index (κ2) is 4.45. The molecule has 14 heavy (non-hydrogen) atoms. The minimum absolute atomic E-state index is 0.306. The topological polar surface area (TPSA) is 15.3 Å². The third-order valence-electron chi connectivity index (χ3n) is 3.68. The molecular formula is C12H24N2. The number of rotatable bonds is 4. The first kappa shape index (κ1) is 11.7. The molecule has 0 amide bonds. The van der Waals surface area contributed by atoms with Crippen LogP contribution >= 0.6 is 0 Å².